The van der Waals surface area contributed by atoms with E-state index in [2.05, 4.69) is 5.32 Å². The smallest absolute Gasteiger partial charge is 0.341 e. The number of esters is 1. The Bertz CT molecular complexity index is 1050. The number of carboxylic acid groups (broad SMARTS) is 1. The topological polar surface area (TPSA) is 124 Å². The summed E-state index contributed by atoms with van der Waals surface area (Å²) in [5.41, 5.74) is 4.72. The third-order valence-corrected chi connectivity index (χ3v) is 4.77. The molecule has 162 valence electrons. The molecule has 8 nitrogen and oxygen atoms in total. The van der Waals surface area contributed by atoms with Crippen LogP contribution in [0.15, 0.2) is 23.1 Å². The second-order valence-corrected chi connectivity index (χ2v) is 8.52. The number of nitrogens with two attached hydrogens (primary N) is 1. The molecule has 1 aromatic heterocycles. The van der Waals surface area contributed by atoms with E-state index >= 15 is 0 Å². The van der Waals surface area contributed by atoms with Crippen molar-refractivity contribution in [1.29, 1.82) is 0 Å². The fourth-order valence-electron chi connectivity index (χ4n) is 3.17. The number of pyridine rings is 1. The number of rotatable bonds is 7. The highest BCUT2D eigenvalue weighted by Gasteiger charge is 2.27. The number of hydrogen-bond acceptors (Lipinski definition) is 6. The minimum absolute atomic E-state index is 0.0234. The van der Waals surface area contributed by atoms with E-state index in [0.29, 0.717) is 5.52 Å². The molecular weight excluding hydrogens is 393 g/mol. The zero-order chi connectivity index (χ0) is 22.2. The molecule has 1 aliphatic rings. The number of nitrogens with one attached hydrogen (secondary N) is 1. The van der Waals surface area contributed by atoms with E-state index in [9.17, 15) is 23.9 Å². The average molecular weight is 419 g/mol. The normalized spacial score (nSPS) is 15.1. The van der Waals surface area contributed by atoms with Crippen molar-refractivity contribution in [2.75, 3.05) is 11.9 Å². The SMILES string of the molecule is CC(C)(C)OC(=O)C(N)CCNc1cc2c(cc1F)c(=O)c(C(=O)O)cn2C1CC1. The first-order chi connectivity index (χ1) is 14.0. The van der Waals surface area contributed by atoms with E-state index in [4.69, 9.17) is 10.5 Å². The van der Waals surface area contributed by atoms with Crippen molar-refractivity contribution >= 4 is 28.5 Å². The van der Waals surface area contributed by atoms with Gasteiger partial charge in [-0.15, -0.1) is 0 Å². The van der Waals surface area contributed by atoms with Gasteiger partial charge in [-0.05, 0) is 52.2 Å². The minimum Gasteiger partial charge on any atom is -0.477 e. The van der Waals surface area contributed by atoms with Gasteiger partial charge in [0.25, 0.3) is 0 Å². The maximum absolute atomic E-state index is 14.6. The lowest BCUT2D eigenvalue weighted by Crippen LogP contribution is -2.38. The molecule has 30 heavy (non-hydrogen) atoms. The first-order valence-corrected chi connectivity index (χ1v) is 9.82. The van der Waals surface area contributed by atoms with Gasteiger partial charge in [-0.25, -0.2) is 9.18 Å². The first-order valence-electron chi connectivity index (χ1n) is 9.82. The summed E-state index contributed by atoms with van der Waals surface area (Å²) in [7, 11) is 0. The van der Waals surface area contributed by atoms with Crippen molar-refractivity contribution in [3.63, 3.8) is 0 Å². The maximum Gasteiger partial charge on any atom is 0.341 e. The zero-order valence-corrected chi connectivity index (χ0v) is 17.2. The molecule has 3 rings (SSSR count). The predicted octanol–water partition coefficient (Wildman–Crippen LogP) is 2.64. The lowest BCUT2D eigenvalue weighted by atomic mass is 10.1. The number of carboxylic acids is 1. The molecule has 9 heteroatoms. The number of aromatic carboxylic acids is 1. The number of anilines is 1. The number of nitrogens with zero attached hydrogens (tertiary/aromatic N) is 1. The quantitative estimate of drug-likeness (QED) is 0.590. The van der Waals surface area contributed by atoms with Crippen LogP contribution in [-0.4, -0.2) is 39.8 Å². The van der Waals surface area contributed by atoms with E-state index in [-0.39, 0.29) is 35.6 Å². The molecule has 0 bridgehead atoms. The third-order valence-electron chi connectivity index (χ3n) is 4.77. The molecule has 1 aromatic carbocycles. The lowest BCUT2D eigenvalue weighted by molar-refractivity contribution is -0.156. The van der Waals surface area contributed by atoms with Gasteiger partial charge in [0.15, 0.2) is 0 Å². The summed E-state index contributed by atoms with van der Waals surface area (Å²) >= 11 is 0. The molecule has 4 N–H and O–H groups in total. The minimum atomic E-state index is -1.34. The first kappa shape index (κ1) is 21.8. The Kier molecular flexibility index (Phi) is 5.85. The summed E-state index contributed by atoms with van der Waals surface area (Å²) in [6, 6.07) is 1.78. The molecule has 1 atom stereocenters. The van der Waals surface area contributed by atoms with Crippen LogP contribution in [0.1, 0.15) is 56.4 Å². The maximum atomic E-state index is 14.6. The van der Waals surface area contributed by atoms with Crippen molar-refractivity contribution in [3.05, 3.63) is 39.9 Å². The van der Waals surface area contributed by atoms with Crippen LogP contribution in [0.3, 0.4) is 0 Å². The molecular formula is C21H26FN3O5. The fourth-order valence-corrected chi connectivity index (χ4v) is 3.17. The van der Waals surface area contributed by atoms with Crippen LogP contribution in [0.4, 0.5) is 10.1 Å². The number of hydrogen-bond donors (Lipinski definition) is 3. The number of ether oxygens (including phenoxy) is 1. The number of carbonyl (C=O) groups is 2. The summed E-state index contributed by atoms with van der Waals surface area (Å²) in [5.74, 6) is -2.56. The molecule has 1 heterocycles. The van der Waals surface area contributed by atoms with Crippen LogP contribution in [0, 0.1) is 5.82 Å². The van der Waals surface area contributed by atoms with Crippen LogP contribution in [0.5, 0.6) is 0 Å². The van der Waals surface area contributed by atoms with Crippen LogP contribution < -0.4 is 16.5 Å². The molecule has 0 aliphatic heterocycles. The van der Waals surface area contributed by atoms with Crippen LogP contribution in [-0.2, 0) is 9.53 Å². The molecule has 1 fully saturated rings. The van der Waals surface area contributed by atoms with E-state index in [0.717, 1.165) is 18.9 Å². The summed E-state index contributed by atoms with van der Waals surface area (Å²) < 4.78 is 21.5. The molecule has 0 saturated heterocycles. The number of benzene rings is 1. The van der Waals surface area contributed by atoms with Gasteiger partial charge in [0, 0.05) is 24.2 Å². The highest BCUT2D eigenvalue weighted by molar-refractivity contribution is 5.93. The van der Waals surface area contributed by atoms with Crippen molar-refractivity contribution in [3.8, 4) is 0 Å². The average Bonchev–Trinajstić information content (AvgIpc) is 3.46. The van der Waals surface area contributed by atoms with Crippen molar-refractivity contribution in [2.24, 2.45) is 5.73 Å². The van der Waals surface area contributed by atoms with Gasteiger partial charge in [-0.2, -0.15) is 0 Å². The number of halogens is 1. The molecule has 1 saturated carbocycles. The van der Waals surface area contributed by atoms with E-state index in [1.165, 1.54) is 12.3 Å². The summed E-state index contributed by atoms with van der Waals surface area (Å²) in [5, 5.41) is 12.2. The third kappa shape index (κ3) is 4.79. The van der Waals surface area contributed by atoms with Gasteiger partial charge in [0.2, 0.25) is 5.43 Å². The Balaban J connectivity index is 1.82. The molecule has 1 aliphatic carbocycles. The monoisotopic (exact) mass is 419 g/mol. The second kappa shape index (κ2) is 8.06. The number of carbonyl (C=O) groups excluding carboxylic acids is 1. The van der Waals surface area contributed by atoms with Gasteiger partial charge in [-0.3, -0.25) is 9.59 Å². The lowest BCUT2D eigenvalue weighted by Gasteiger charge is -2.22. The second-order valence-electron chi connectivity index (χ2n) is 8.52. The Morgan fingerprint density at radius 1 is 1.37 bits per heavy atom. The van der Waals surface area contributed by atoms with Gasteiger partial charge in [0.05, 0.1) is 11.2 Å². The number of fused-ring (bicyclic) bond motifs is 1. The van der Waals surface area contributed by atoms with Gasteiger partial charge in [0.1, 0.15) is 23.0 Å². The molecule has 0 amide bonds. The van der Waals surface area contributed by atoms with E-state index < -0.39 is 34.8 Å². The highest BCUT2D eigenvalue weighted by Crippen LogP contribution is 2.37. The van der Waals surface area contributed by atoms with Gasteiger partial charge < -0.3 is 25.5 Å². The summed E-state index contributed by atoms with van der Waals surface area (Å²) in [6.45, 7) is 5.45. The molecule has 0 radical (unpaired) electrons. The summed E-state index contributed by atoms with van der Waals surface area (Å²) in [6.07, 6.45) is 3.27. The highest BCUT2D eigenvalue weighted by atomic mass is 19.1. The fraction of sp³-hybridized carbons (Fsp3) is 0.476. The zero-order valence-electron chi connectivity index (χ0n) is 17.2. The van der Waals surface area contributed by atoms with Crippen molar-refractivity contribution < 1.29 is 23.8 Å². The molecule has 1 unspecified atom stereocenters. The Hall–Kier alpha value is -2.94. The van der Waals surface area contributed by atoms with E-state index in [1.807, 2.05) is 0 Å². The standard InChI is InChI=1S/C21H26FN3O5/c1-21(2,3)30-20(29)15(23)6-7-24-16-9-17-12(8-14(16)22)18(26)13(19(27)28)10-25(17)11-4-5-11/h8-11,15,24H,4-7,23H2,1-3H3,(H,27,28). The van der Waals surface area contributed by atoms with Crippen molar-refractivity contribution in [1.82, 2.24) is 4.57 Å². The predicted molar refractivity (Wildman–Crippen MR) is 110 cm³/mol. The van der Waals surface area contributed by atoms with Gasteiger partial charge in [-0.1, -0.05) is 0 Å². The molecule has 2 aromatic rings. The molecule has 0 spiro atoms. The van der Waals surface area contributed by atoms with Crippen LogP contribution in [0.25, 0.3) is 10.9 Å². The largest absolute Gasteiger partial charge is 0.477 e. The van der Waals surface area contributed by atoms with Crippen LogP contribution >= 0.6 is 0 Å². The van der Waals surface area contributed by atoms with E-state index in [1.54, 1.807) is 25.3 Å². The number of aromatic nitrogens is 1. The van der Waals surface area contributed by atoms with Crippen LogP contribution in [0.2, 0.25) is 0 Å². The Morgan fingerprint density at radius 3 is 2.60 bits per heavy atom. The Labute approximate surface area is 172 Å². The van der Waals surface area contributed by atoms with Crippen molar-refractivity contribution in [2.45, 2.75) is 57.7 Å². The Morgan fingerprint density at radius 2 is 2.03 bits per heavy atom. The summed E-state index contributed by atoms with van der Waals surface area (Å²) in [4.78, 5) is 35.8. The van der Waals surface area contributed by atoms with Gasteiger partial charge >= 0.3 is 11.9 Å².